The number of carbonyl (C=O) groups is 1. The van der Waals surface area contributed by atoms with Crippen LogP contribution in [-0.2, 0) is 24.1 Å². The molecule has 0 amide bonds. The summed E-state index contributed by atoms with van der Waals surface area (Å²) in [5, 5.41) is 0. The molecular weight excluding hydrogens is 262 g/mol. The zero-order valence-corrected chi connectivity index (χ0v) is 12.2. The van der Waals surface area contributed by atoms with Gasteiger partial charge in [0.15, 0.2) is 0 Å². The van der Waals surface area contributed by atoms with E-state index in [4.69, 9.17) is 4.74 Å². The molecule has 0 atom stereocenters. The molecule has 0 saturated heterocycles. The lowest BCUT2D eigenvalue weighted by Crippen LogP contribution is -2.37. The fraction of sp³-hybridized carbons (Fsp3) is 0.700. The molecule has 0 N–H and O–H groups in total. The van der Waals surface area contributed by atoms with Gasteiger partial charge in [-0.3, -0.25) is 4.18 Å². The lowest BCUT2D eigenvalue weighted by molar-refractivity contribution is -0.870. The SMILES string of the molecule is CC=CC(=O)OCC[N+](C)(C)C.COS(=O)(=O)[O-]. The van der Waals surface area contributed by atoms with E-state index >= 15 is 0 Å². The topological polar surface area (TPSA) is 92.7 Å². The molecule has 0 rings (SSSR count). The van der Waals surface area contributed by atoms with E-state index in [1.165, 1.54) is 6.08 Å². The Kier molecular flexibility index (Phi) is 9.73. The fourth-order valence-electron chi connectivity index (χ4n) is 0.604. The van der Waals surface area contributed by atoms with Crippen LogP contribution >= 0.6 is 0 Å². The molecule has 108 valence electrons. The van der Waals surface area contributed by atoms with Crippen molar-refractivity contribution in [2.45, 2.75) is 6.92 Å². The van der Waals surface area contributed by atoms with E-state index in [0.29, 0.717) is 6.61 Å². The number of allylic oxidation sites excluding steroid dienone is 1. The normalized spacial score (nSPS) is 11.9. The number of hydrogen-bond acceptors (Lipinski definition) is 6. The highest BCUT2D eigenvalue weighted by atomic mass is 32.3. The Bertz CT molecular complexity index is 355. The first-order valence-electron chi connectivity index (χ1n) is 5.13. The average molecular weight is 283 g/mol. The number of likely N-dealkylation sites (N-methyl/N-ethyl adjacent to an activating group) is 1. The van der Waals surface area contributed by atoms with Crippen LogP contribution in [0.2, 0.25) is 0 Å². The van der Waals surface area contributed by atoms with Gasteiger partial charge in [-0.25, -0.2) is 13.2 Å². The highest BCUT2D eigenvalue weighted by Crippen LogP contribution is 1.90. The summed E-state index contributed by atoms with van der Waals surface area (Å²) in [6, 6.07) is 0. The van der Waals surface area contributed by atoms with Gasteiger partial charge < -0.3 is 13.8 Å². The molecule has 0 aliphatic rings. The van der Waals surface area contributed by atoms with Crippen LogP contribution in [0.4, 0.5) is 0 Å². The van der Waals surface area contributed by atoms with Gasteiger partial charge in [0.2, 0.25) is 10.4 Å². The van der Waals surface area contributed by atoms with E-state index in [1.54, 1.807) is 13.0 Å². The van der Waals surface area contributed by atoms with Crippen molar-refractivity contribution in [3.8, 4) is 0 Å². The van der Waals surface area contributed by atoms with E-state index in [9.17, 15) is 17.8 Å². The van der Waals surface area contributed by atoms with Gasteiger partial charge in [0.05, 0.1) is 28.3 Å². The molecule has 0 bridgehead atoms. The van der Waals surface area contributed by atoms with Gasteiger partial charge in [-0.2, -0.15) is 0 Å². The van der Waals surface area contributed by atoms with Crippen molar-refractivity contribution < 1.29 is 31.2 Å². The van der Waals surface area contributed by atoms with E-state index in [1.807, 2.05) is 0 Å². The Balaban J connectivity index is 0. The van der Waals surface area contributed by atoms with Crippen LogP contribution in [0.5, 0.6) is 0 Å². The second-order valence-corrected chi connectivity index (χ2v) is 5.41. The maximum absolute atomic E-state index is 10.8. The molecule has 18 heavy (non-hydrogen) atoms. The summed E-state index contributed by atoms with van der Waals surface area (Å²) in [7, 11) is 2.57. The lowest BCUT2D eigenvalue weighted by atomic mass is 10.5. The van der Waals surface area contributed by atoms with Gasteiger partial charge in [-0.05, 0) is 6.92 Å². The van der Waals surface area contributed by atoms with Gasteiger partial charge in [0.25, 0.3) is 0 Å². The van der Waals surface area contributed by atoms with Crippen LogP contribution < -0.4 is 0 Å². The third kappa shape index (κ3) is 20.5. The van der Waals surface area contributed by atoms with Crippen molar-refractivity contribution in [1.29, 1.82) is 0 Å². The number of esters is 1. The van der Waals surface area contributed by atoms with Crippen LogP contribution in [0.1, 0.15) is 6.92 Å². The molecule has 0 aromatic rings. The minimum atomic E-state index is -4.41. The predicted octanol–water partition coefficient (Wildman–Crippen LogP) is -0.0951. The quantitative estimate of drug-likeness (QED) is 0.230. The summed E-state index contributed by atoms with van der Waals surface area (Å²) in [6.45, 7) is 3.11. The van der Waals surface area contributed by atoms with Crippen molar-refractivity contribution in [3.63, 3.8) is 0 Å². The maximum atomic E-state index is 10.8. The molecule has 0 spiro atoms. The monoisotopic (exact) mass is 283 g/mol. The molecule has 0 heterocycles. The summed E-state index contributed by atoms with van der Waals surface area (Å²) in [4.78, 5) is 10.8. The Labute approximate surface area is 109 Å². The molecule has 0 aromatic heterocycles. The highest BCUT2D eigenvalue weighted by molar-refractivity contribution is 7.80. The van der Waals surface area contributed by atoms with Crippen molar-refractivity contribution in [2.75, 3.05) is 41.4 Å². The molecule has 7 nitrogen and oxygen atoms in total. The van der Waals surface area contributed by atoms with Gasteiger partial charge in [0, 0.05) is 6.08 Å². The number of nitrogens with zero attached hydrogens (tertiary/aromatic N) is 1. The smallest absolute Gasteiger partial charge is 0.330 e. The number of carbonyl (C=O) groups excluding carboxylic acids is 1. The van der Waals surface area contributed by atoms with Gasteiger partial charge in [-0.1, -0.05) is 6.08 Å². The maximum Gasteiger partial charge on any atom is 0.330 e. The summed E-state index contributed by atoms with van der Waals surface area (Å²) in [6.07, 6.45) is 3.10. The van der Waals surface area contributed by atoms with Crippen molar-refractivity contribution in [1.82, 2.24) is 0 Å². The van der Waals surface area contributed by atoms with Gasteiger partial charge in [-0.15, -0.1) is 0 Å². The zero-order chi connectivity index (χ0) is 14.8. The summed E-state index contributed by atoms with van der Waals surface area (Å²) in [5.74, 6) is -0.258. The number of quaternary nitrogens is 1. The van der Waals surface area contributed by atoms with Gasteiger partial charge >= 0.3 is 5.97 Å². The Hall–Kier alpha value is -0.960. The fourth-order valence-corrected chi connectivity index (χ4v) is 0.604. The highest BCUT2D eigenvalue weighted by Gasteiger charge is 2.07. The van der Waals surface area contributed by atoms with E-state index in [2.05, 4.69) is 25.3 Å². The van der Waals surface area contributed by atoms with Crippen LogP contribution in [0, 0.1) is 0 Å². The second kappa shape index (κ2) is 9.03. The second-order valence-electron chi connectivity index (χ2n) is 4.26. The minimum absolute atomic E-state index is 0.258. The Morgan fingerprint density at radius 1 is 1.33 bits per heavy atom. The first-order chi connectivity index (χ1) is 8.02. The molecule has 0 radical (unpaired) electrons. The zero-order valence-electron chi connectivity index (χ0n) is 11.4. The van der Waals surface area contributed by atoms with Crippen LogP contribution in [-0.4, -0.2) is 64.8 Å². The average Bonchev–Trinajstić information content (AvgIpc) is 2.16. The van der Waals surface area contributed by atoms with E-state index in [0.717, 1.165) is 18.1 Å². The molecule has 0 saturated carbocycles. The number of rotatable bonds is 5. The minimum Gasteiger partial charge on any atom is -0.726 e. The lowest BCUT2D eigenvalue weighted by Gasteiger charge is -2.23. The number of ether oxygens (including phenoxy) is 1. The van der Waals surface area contributed by atoms with Crippen LogP contribution in [0.15, 0.2) is 12.2 Å². The first-order valence-corrected chi connectivity index (χ1v) is 6.46. The third-order valence-electron chi connectivity index (χ3n) is 1.51. The molecular formula is C10H21NO6S. The van der Waals surface area contributed by atoms with Crippen molar-refractivity contribution in [2.24, 2.45) is 0 Å². The first kappa shape index (κ1) is 19.4. The van der Waals surface area contributed by atoms with Crippen molar-refractivity contribution >= 4 is 16.4 Å². The molecule has 0 aromatic carbocycles. The molecule has 0 fully saturated rings. The molecule has 0 unspecified atom stereocenters. The van der Waals surface area contributed by atoms with Crippen LogP contribution in [0.3, 0.4) is 0 Å². The van der Waals surface area contributed by atoms with Crippen LogP contribution in [0.25, 0.3) is 0 Å². The standard InChI is InChI=1S/C9H18NO2.CH4O4S/c1-5-6-9(11)12-8-7-10(2,3)4;1-5-6(2,3)4/h5-6H,7-8H2,1-4H3;1H3,(H,2,3,4)/q+1;/p-1. The number of hydrogen-bond donors (Lipinski definition) is 0. The Morgan fingerprint density at radius 2 is 1.78 bits per heavy atom. The third-order valence-corrected chi connectivity index (χ3v) is 1.92. The summed E-state index contributed by atoms with van der Waals surface area (Å²) >= 11 is 0. The predicted molar refractivity (Wildman–Crippen MR) is 65.4 cm³/mol. The van der Waals surface area contributed by atoms with E-state index < -0.39 is 10.4 Å². The van der Waals surface area contributed by atoms with Gasteiger partial charge in [0.1, 0.15) is 13.2 Å². The molecule has 0 aliphatic heterocycles. The largest absolute Gasteiger partial charge is 0.726 e. The molecule has 8 heteroatoms. The summed E-state index contributed by atoms with van der Waals surface area (Å²) < 4.78 is 36.7. The molecule has 0 aliphatic carbocycles. The van der Waals surface area contributed by atoms with E-state index in [-0.39, 0.29) is 5.97 Å². The van der Waals surface area contributed by atoms with Crippen molar-refractivity contribution in [3.05, 3.63) is 12.2 Å². The Morgan fingerprint density at radius 3 is 2.06 bits per heavy atom. The summed E-state index contributed by atoms with van der Waals surface area (Å²) in [5.41, 5.74) is 0.